The number of allylic oxidation sites excluding steroid dienone is 1. The number of thiocarbonyl (C=S) groups is 1. The average molecular weight is 476 g/mol. The van der Waals surface area contributed by atoms with Crippen molar-refractivity contribution in [2.75, 3.05) is 49.6 Å². The zero-order chi connectivity index (χ0) is 24.1. The van der Waals surface area contributed by atoms with E-state index in [-0.39, 0.29) is 0 Å². The van der Waals surface area contributed by atoms with Gasteiger partial charge in [0.05, 0.1) is 13.2 Å². The fourth-order valence-corrected chi connectivity index (χ4v) is 5.15. The van der Waals surface area contributed by atoms with Gasteiger partial charge in [-0.05, 0) is 93.1 Å². The van der Waals surface area contributed by atoms with E-state index in [1.54, 1.807) is 0 Å². The molecular formula is C29H37N3OS. The Morgan fingerprint density at radius 3 is 2.35 bits per heavy atom. The fraction of sp³-hybridized carbons (Fsp3) is 0.414. The lowest BCUT2D eigenvalue weighted by Gasteiger charge is -2.32. The summed E-state index contributed by atoms with van der Waals surface area (Å²) in [5.41, 5.74) is 10.1. The Kier molecular flexibility index (Phi) is 8.07. The first-order valence-electron chi connectivity index (χ1n) is 12.5. The van der Waals surface area contributed by atoms with E-state index in [0.29, 0.717) is 0 Å². The van der Waals surface area contributed by atoms with Gasteiger partial charge in [-0.3, -0.25) is 0 Å². The van der Waals surface area contributed by atoms with E-state index < -0.39 is 0 Å². The first-order chi connectivity index (χ1) is 16.5. The molecule has 1 heterocycles. The van der Waals surface area contributed by atoms with Crippen LogP contribution in [0.5, 0.6) is 0 Å². The van der Waals surface area contributed by atoms with Crippen molar-refractivity contribution < 1.29 is 4.74 Å². The van der Waals surface area contributed by atoms with Gasteiger partial charge in [-0.1, -0.05) is 30.4 Å². The molecule has 0 unspecified atom stereocenters. The number of nitrogens with zero attached hydrogens (tertiary/aromatic N) is 2. The highest BCUT2D eigenvalue weighted by atomic mass is 32.1. The lowest BCUT2D eigenvalue weighted by Crippen LogP contribution is -2.36. The molecule has 0 spiro atoms. The highest BCUT2D eigenvalue weighted by Gasteiger charge is 2.28. The summed E-state index contributed by atoms with van der Waals surface area (Å²) in [5.74, 6) is 0. The van der Waals surface area contributed by atoms with Crippen molar-refractivity contribution in [2.24, 2.45) is 0 Å². The Balaban J connectivity index is 1.63. The third-order valence-electron chi connectivity index (χ3n) is 6.96. The number of rotatable bonds is 7. The number of hydrogen-bond donors (Lipinski definition) is 1. The summed E-state index contributed by atoms with van der Waals surface area (Å²) in [5, 5.41) is 3.52. The number of hydrogen-bond acceptors (Lipinski definition) is 4. The second kappa shape index (κ2) is 11.2. The Bertz CT molecular complexity index is 1080. The number of ether oxygens (including phenoxy) is 1. The number of benzene rings is 2. The molecule has 1 N–H and O–H groups in total. The quantitative estimate of drug-likeness (QED) is 0.471. The monoisotopic (exact) mass is 475 g/mol. The van der Waals surface area contributed by atoms with Crippen LogP contribution in [0.15, 0.2) is 59.3 Å². The molecule has 2 aliphatic rings. The molecule has 1 aliphatic carbocycles. The van der Waals surface area contributed by atoms with Crippen LogP contribution in [0.1, 0.15) is 43.4 Å². The SMILES string of the molecule is CCN(CC)c1ccc(/C=C2/CCC(C(=S)Nc3ccc(C)c(C)c3)=C2N2CCOCC2)cc1. The van der Waals surface area contributed by atoms with Crippen LogP contribution in [0.2, 0.25) is 0 Å². The highest BCUT2D eigenvalue weighted by Crippen LogP contribution is 2.37. The van der Waals surface area contributed by atoms with Crippen LogP contribution in [-0.2, 0) is 4.74 Å². The van der Waals surface area contributed by atoms with E-state index in [4.69, 9.17) is 17.0 Å². The van der Waals surface area contributed by atoms with Gasteiger partial charge >= 0.3 is 0 Å². The zero-order valence-corrected chi connectivity index (χ0v) is 21.8. The molecular weight excluding hydrogens is 438 g/mol. The van der Waals surface area contributed by atoms with Gasteiger partial charge in [-0.15, -0.1) is 0 Å². The number of aryl methyl sites for hydroxylation is 2. The molecule has 1 fully saturated rings. The molecule has 1 aliphatic heterocycles. The van der Waals surface area contributed by atoms with Crippen molar-refractivity contribution in [3.05, 3.63) is 76.0 Å². The first-order valence-corrected chi connectivity index (χ1v) is 12.9. The average Bonchev–Trinajstić information content (AvgIpc) is 3.27. The maximum atomic E-state index is 5.95. The summed E-state index contributed by atoms with van der Waals surface area (Å²) in [6.07, 6.45) is 4.32. The zero-order valence-electron chi connectivity index (χ0n) is 21.0. The van der Waals surface area contributed by atoms with E-state index in [2.05, 4.69) is 91.4 Å². The van der Waals surface area contributed by atoms with Crippen LogP contribution < -0.4 is 10.2 Å². The molecule has 2 aromatic carbocycles. The van der Waals surface area contributed by atoms with E-state index in [1.807, 2.05) is 0 Å². The molecule has 1 saturated heterocycles. The van der Waals surface area contributed by atoms with E-state index in [9.17, 15) is 0 Å². The summed E-state index contributed by atoms with van der Waals surface area (Å²) in [7, 11) is 0. The lowest BCUT2D eigenvalue weighted by molar-refractivity contribution is 0.0548. The number of morpholine rings is 1. The summed E-state index contributed by atoms with van der Waals surface area (Å²) >= 11 is 5.95. The van der Waals surface area contributed by atoms with Crippen molar-refractivity contribution in [2.45, 2.75) is 40.5 Å². The standard InChI is InChI=1S/C29H37N3OS/c1-5-31(6-2)26-12-8-23(9-13-26)20-24-10-14-27(28(24)32-15-17-33-18-16-32)29(34)30-25-11-7-21(3)22(4)19-25/h7-9,11-13,19-20H,5-6,10,14-18H2,1-4H3,(H,30,34)/b24-20-. The van der Waals surface area contributed by atoms with Gasteiger partial charge in [-0.25, -0.2) is 0 Å². The number of nitrogens with one attached hydrogen (secondary N) is 1. The molecule has 0 saturated carbocycles. The predicted molar refractivity (Wildman–Crippen MR) is 149 cm³/mol. The maximum Gasteiger partial charge on any atom is 0.108 e. The van der Waals surface area contributed by atoms with Crippen LogP contribution in [0.4, 0.5) is 11.4 Å². The van der Waals surface area contributed by atoms with Gasteiger partial charge in [-0.2, -0.15) is 0 Å². The van der Waals surface area contributed by atoms with Gasteiger partial charge < -0.3 is 19.9 Å². The van der Waals surface area contributed by atoms with Crippen LogP contribution in [0.3, 0.4) is 0 Å². The molecule has 34 heavy (non-hydrogen) atoms. The Morgan fingerprint density at radius 2 is 1.71 bits per heavy atom. The van der Waals surface area contributed by atoms with Crippen LogP contribution in [0, 0.1) is 13.8 Å². The molecule has 4 rings (SSSR count). The Labute approximate surface area is 210 Å². The third-order valence-corrected chi connectivity index (χ3v) is 7.31. The molecule has 0 radical (unpaired) electrons. The molecule has 0 aromatic heterocycles. The topological polar surface area (TPSA) is 27.7 Å². The maximum absolute atomic E-state index is 5.95. The summed E-state index contributed by atoms with van der Waals surface area (Å²) < 4.78 is 5.65. The minimum absolute atomic E-state index is 0.764. The predicted octanol–water partition coefficient (Wildman–Crippen LogP) is 6.35. The molecule has 0 bridgehead atoms. The van der Waals surface area contributed by atoms with Crippen molar-refractivity contribution >= 4 is 34.7 Å². The normalized spacial score (nSPS) is 17.4. The number of anilines is 2. The first kappa shape index (κ1) is 24.5. The summed E-state index contributed by atoms with van der Waals surface area (Å²) in [6, 6.07) is 15.4. The summed E-state index contributed by atoms with van der Waals surface area (Å²) in [4.78, 5) is 5.68. The smallest absolute Gasteiger partial charge is 0.108 e. The van der Waals surface area contributed by atoms with Crippen molar-refractivity contribution in [1.82, 2.24) is 4.90 Å². The molecule has 2 aromatic rings. The van der Waals surface area contributed by atoms with Gasteiger partial charge in [0.2, 0.25) is 0 Å². The van der Waals surface area contributed by atoms with Crippen molar-refractivity contribution in [3.8, 4) is 0 Å². The Morgan fingerprint density at radius 1 is 1.00 bits per heavy atom. The molecule has 180 valence electrons. The van der Waals surface area contributed by atoms with Crippen LogP contribution >= 0.6 is 12.2 Å². The minimum Gasteiger partial charge on any atom is -0.378 e. The second-order valence-electron chi connectivity index (χ2n) is 9.11. The molecule has 0 atom stereocenters. The van der Waals surface area contributed by atoms with Crippen molar-refractivity contribution in [3.63, 3.8) is 0 Å². The highest BCUT2D eigenvalue weighted by molar-refractivity contribution is 7.81. The Hall–Kier alpha value is -2.63. The van der Waals surface area contributed by atoms with Crippen molar-refractivity contribution in [1.29, 1.82) is 0 Å². The summed E-state index contributed by atoms with van der Waals surface area (Å²) in [6.45, 7) is 14.1. The van der Waals surface area contributed by atoms with E-state index in [1.165, 1.54) is 39.2 Å². The third kappa shape index (κ3) is 5.53. The van der Waals surface area contributed by atoms with E-state index >= 15 is 0 Å². The molecule has 5 heteroatoms. The van der Waals surface area contributed by atoms with Gasteiger partial charge in [0.25, 0.3) is 0 Å². The van der Waals surface area contributed by atoms with Gasteiger partial charge in [0.1, 0.15) is 4.99 Å². The fourth-order valence-electron chi connectivity index (χ4n) is 4.83. The minimum atomic E-state index is 0.764. The van der Waals surface area contributed by atoms with Crippen LogP contribution in [-0.4, -0.2) is 49.3 Å². The van der Waals surface area contributed by atoms with E-state index in [0.717, 1.165) is 62.9 Å². The lowest BCUT2D eigenvalue weighted by atomic mass is 10.1. The molecule has 0 amide bonds. The second-order valence-corrected chi connectivity index (χ2v) is 9.52. The van der Waals surface area contributed by atoms with Gasteiger partial charge in [0, 0.05) is 48.8 Å². The van der Waals surface area contributed by atoms with Gasteiger partial charge in [0.15, 0.2) is 0 Å². The molecule has 4 nitrogen and oxygen atoms in total. The largest absolute Gasteiger partial charge is 0.378 e. The van der Waals surface area contributed by atoms with Crippen LogP contribution in [0.25, 0.3) is 6.08 Å².